The van der Waals surface area contributed by atoms with Gasteiger partial charge in [-0.15, -0.1) is 0 Å². The maximum Gasteiger partial charge on any atom is 0.312 e. The van der Waals surface area contributed by atoms with Crippen molar-refractivity contribution in [3.63, 3.8) is 0 Å². The van der Waals surface area contributed by atoms with Crippen molar-refractivity contribution < 1.29 is 14.6 Å². The number of ether oxygens (including phenoxy) is 1. The second-order valence-corrected chi connectivity index (χ2v) is 6.47. The molecular weight excluding hydrogens is 320 g/mol. The molecule has 3 atom stereocenters. The van der Waals surface area contributed by atoms with Gasteiger partial charge in [-0.1, -0.05) is 23.7 Å². The van der Waals surface area contributed by atoms with Crippen LogP contribution in [-0.4, -0.2) is 34.0 Å². The molecule has 1 aliphatic carbocycles. The van der Waals surface area contributed by atoms with Gasteiger partial charge in [0.2, 0.25) is 0 Å². The van der Waals surface area contributed by atoms with E-state index in [1.54, 1.807) is 31.2 Å². The summed E-state index contributed by atoms with van der Waals surface area (Å²) in [6.45, 7) is 1.58. The standard InChI is InChI=1S/C16H17ClN2O4/c1-16(22)7-10-12(14(20)19-18-10)11(13(16)15(21)23-2)8-3-5-9(17)6-4-8/h3-6,11,13,22H,7H2,1-2H3,(H2,18,19,20)/t11-,13+,16+/m0/s1. The van der Waals surface area contributed by atoms with Crippen LogP contribution in [0.3, 0.4) is 0 Å². The molecule has 7 heteroatoms. The van der Waals surface area contributed by atoms with Gasteiger partial charge in [0.25, 0.3) is 5.56 Å². The minimum Gasteiger partial charge on any atom is -0.469 e. The van der Waals surface area contributed by atoms with Gasteiger partial charge in [-0.05, 0) is 24.6 Å². The number of H-pyrrole nitrogens is 2. The number of benzene rings is 1. The van der Waals surface area contributed by atoms with Crippen molar-refractivity contribution in [1.29, 1.82) is 0 Å². The Morgan fingerprint density at radius 1 is 1.35 bits per heavy atom. The third-order valence-corrected chi connectivity index (χ3v) is 4.68. The van der Waals surface area contributed by atoms with Gasteiger partial charge in [0.05, 0.1) is 18.6 Å². The Morgan fingerprint density at radius 2 is 2.00 bits per heavy atom. The number of aromatic nitrogens is 2. The zero-order valence-electron chi connectivity index (χ0n) is 12.7. The number of fused-ring (bicyclic) bond motifs is 1. The Hall–Kier alpha value is -2.05. The van der Waals surface area contributed by atoms with Crippen molar-refractivity contribution >= 4 is 17.6 Å². The summed E-state index contributed by atoms with van der Waals surface area (Å²) in [7, 11) is 1.27. The van der Waals surface area contributed by atoms with E-state index >= 15 is 0 Å². The second-order valence-electron chi connectivity index (χ2n) is 6.04. The van der Waals surface area contributed by atoms with Gasteiger partial charge >= 0.3 is 5.97 Å². The van der Waals surface area contributed by atoms with Gasteiger partial charge in [0.1, 0.15) is 0 Å². The number of aromatic amines is 2. The van der Waals surface area contributed by atoms with E-state index in [1.165, 1.54) is 7.11 Å². The van der Waals surface area contributed by atoms with Crippen LogP contribution in [0, 0.1) is 5.92 Å². The Bertz CT molecular complexity index is 791. The summed E-state index contributed by atoms with van der Waals surface area (Å²) in [4.78, 5) is 24.6. The van der Waals surface area contributed by atoms with Crippen molar-refractivity contribution in [2.24, 2.45) is 5.92 Å². The average Bonchev–Trinajstić information content (AvgIpc) is 2.85. The molecule has 0 fully saturated rings. The van der Waals surface area contributed by atoms with Crippen LogP contribution in [0.2, 0.25) is 5.02 Å². The van der Waals surface area contributed by atoms with E-state index in [9.17, 15) is 14.7 Å². The summed E-state index contributed by atoms with van der Waals surface area (Å²) in [6, 6.07) is 6.88. The Labute approximate surface area is 137 Å². The molecular formula is C16H17ClN2O4. The Kier molecular flexibility index (Phi) is 3.82. The lowest BCUT2D eigenvalue weighted by molar-refractivity contribution is -0.156. The largest absolute Gasteiger partial charge is 0.469 e. The predicted molar refractivity (Wildman–Crippen MR) is 84.5 cm³/mol. The Balaban J connectivity index is 2.24. The van der Waals surface area contributed by atoms with Gasteiger partial charge in [0.15, 0.2) is 0 Å². The smallest absolute Gasteiger partial charge is 0.312 e. The third-order valence-electron chi connectivity index (χ3n) is 4.43. The summed E-state index contributed by atoms with van der Waals surface area (Å²) >= 11 is 5.93. The fourth-order valence-corrected chi connectivity index (χ4v) is 3.54. The van der Waals surface area contributed by atoms with Gasteiger partial charge in [-0.2, -0.15) is 0 Å². The molecule has 1 aromatic carbocycles. The molecule has 0 amide bonds. The molecule has 0 saturated heterocycles. The van der Waals surface area contributed by atoms with Crippen LogP contribution in [0.25, 0.3) is 0 Å². The SMILES string of the molecule is COC(=O)[C@H]1[C@@H](c2ccc(Cl)cc2)c2c([nH][nH]c2=O)C[C@@]1(C)O. The lowest BCUT2D eigenvalue weighted by Crippen LogP contribution is -2.49. The molecule has 23 heavy (non-hydrogen) atoms. The maximum absolute atomic E-state index is 12.3. The molecule has 0 bridgehead atoms. The molecule has 122 valence electrons. The van der Waals surface area contributed by atoms with Gasteiger partial charge in [0, 0.05) is 28.6 Å². The van der Waals surface area contributed by atoms with Crippen LogP contribution >= 0.6 is 11.6 Å². The van der Waals surface area contributed by atoms with Crippen LogP contribution in [0.1, 0.15) is 29.7 Å². The van der Waals surface area contributed by atoms with E-state index in [-0.39, 0.29) is 12.0 Å². The quantitative estimate of drug-likeness (QED) is 0.726. The third kappa shape index (κ3) is 2.58. The molecule has 0 unspecified atom stereocenters. The van der Waals surface area contributed by atoms with Gasteiger partial charge in [-0.3, -0.25) is 14.7 Å². The highest BCUT2D eigenvalue weighted by Gasteiger charge is 2.51. The molecule has 3 N–H and O–H groups in total. The molecule has 0 spiro atoms. The number of carbonyl (C=O) groups is 1. The molecule has 6 nitrogen and oxygen atoms in total. The number of halogens is 1. The summed E-state index contributed by atoms with van der Waals surface area (Å²) < 4.78 is 4.88. The van der Waals surface area contributed by atoms with Crippen LogP contribution in [0.4, 0.5) is 0 Å². The fourth-order valence-electron chi connectivity index (χ4n) is 3.41. The molecule has 1 heterocycles. The molecule has 1 aliphatic rings. The molecule has 0 aliphatic heterocycles. The molecule has 2 aromatic rings. The molecule has 0 radical (unpaired) electrons. The van der Waals surface area contributed by atoms with E-state index in [4.69, 9.17) is 16.3 Å². The first kappa shape index (κ1) is 15.8. The highest BCUT2D eigenvalue weighted by atomic mass is 35.5. The first-order valence-electron chi connectivity index (χ1n) is 7.20. The van der Waals surface area contributed by atoms with Gasteiger partial charge in [-0.25, -0.2) is 0 Å². The monoisotopic (exact) mass is 336 g/mol. The predicted octanol–water partition coefficient (Wildman–Crippen LogP) is 1.58. The van der Waals surface area contributed by atoms with Gasteiger partial charge < -0.3 is 14.9 Å². The highest BCUT2D eigenvalue weighted by Crippen LogP contribution is 2.44. The molecule has 0 saturated carbocycles. The number of hydrogen-bond acceptors (Lipinski definition) is 4. The zero-order chi connectivity index (χ0) is 16.8. The van der Waals surface area contributed by atoms with Crippen LogP contribution in [-0.2, 0) is 16.0 Å². The number of nitrogens with one attached hydrogen (secondary N) is 2. The number of esters is 1. The van der Waals surface area contributed by atoms with E-state index in [1.807, 2.05) is 0 Å². The topological polar surface area (TPSA) is 95.2 Å². The minimum absolute atomic E-state index is 0.158. The highest BCUT2D eigenvalue weighted by molar-refractivity contribution is 6.30. The number of carbonyl (C=O) groups excluding carboxylic acids is 1. The van der Waals surface area contributed by atoms with Crippen molar-refractivity contribution in [3.8, 4) is 0 Å². The summed E-state index contributed by atoms with van der Waals surface area (Å²) in [5.41, 5.74) is 0.116. The summed E-state index contributed by atoms with van der Waals surface area (Å²) in [5.74, 6) is -2.06. The first-order valence-corrected chi connectivity index (χ1v) is 7.58. The number of hydrogen-bond donors (Lipinski definition) is 3. The van der Waals surface area contributed by atoms with E-state index in [2.05, 4.69) is 10.2 Å². The van der Waals surface area contributed by atoms with Crippen molar-refractivity contribution in [3.05, 3.63) is 56.5 Å². The molecule has 1 aromatic heterocycles. The number of aliphatic hydroxyl groups is 1. The molecule has 3 rings (SSSR count). The normalized spacial score (nSPS) is 26.6. The zero-order valence-corrected chi connectivity index (χ0v) is 13.5. The van der Waals surface area contributed by atoms with Crippen LogP contribution in [0.5, 0.6) is 0 Å². The lowest BCUT2D eigenvalue weighted by Gasteiger charge is -2.40. The first-order chi connectivity index (χ1) is 10.8. The Morgan fingerprint density at radius 3 is 2.61 bits per heavy atom. The maximum atomic E-state index is 12.3. The van der Waals surface area contributed by atoms with Crippen molar-refractivity contribution in [2.75, 3.05) is 7.11 Å². The van der Waals surface area contributed by atoms with Crippen molar-refractivity contribution in [2.45, 2.75) is 24.9 Å². The lowest BCUT2D eigenvalue weighted by atomic mass is 9.66. The minimum atomic E-state index is -1.35. The number of methoxy groups -OCH3 is 1. The summed E-state index contributed by atoms with van der Waals surface area (Å²) in [5, 5.41) is 16.7. The fraction of sp³-hybridized carbons (Fsp3) is 0.375. The average molecular weight is 337 g/mol. The second kappa shape index (κ2) is 5.54. The van der Waals surface area contributed by atoms with E-state index in [0.29, 0.717) is 16.3 Å². The van der Waals surface area contributed by atoms with Crippen LogP contribution in [0.15, 0.2) is 29.1 Å². The summed E-state index contributed by atoms with van der Waals surface area (Å²) in [6.07, 6.45) is 0.158. The van der Waals surface area contributed by atoms with E-state index < -0.39 is 23.4 Å². The number of rotatable bonds is 2. The van der Waals surface area contributed by atoms with Crippen LogP contribution < -0.4 is 5.56 Å². The van der Waals surface area contributed by atoms with Crippen molar-refractivity contribution in [1.82, 2.24) is 10.2 Å². The van der Waals surface area contributed by atoms with E-state index in [0.717, 1.165) is 5.56 Å².